The van der Waals surface area contributed by atoms with Gasteiger partial charge >= 0.3 is 5.97 Å². The number of carboxylic acid groups (broad SMARTS) is 1. The SMILES string of the molecule is CCCCCCCC1CCC(C(=O)O)(c2ccc(F)cc2)CC1. The van der Waals surface area contributed by atoms with E-state index in [9.17, 15) is 14.3 Å². The lowest BCUT2D eigenvalue weighted by molar-refractivity contribution is -0.145. The molecule has 1 aromatic rings. The van der Waals surface area contributed by atoms with Gasteiger partial charge in [0.2, 0.25) is 0 Å². The molecule has 0 aromatic heterocycles. The van der Waals surface area contributed by atoms with Gasteiger partial charge in [-0.15, -0.1) is 0 Å². The molecule has 0 saturated heterocycles. The van der Waals surface area contributed by atoms with E-state index in [2.05, 4.69) is 6.92 Å². The van der Waals surface area contributed by atoms with Crippen LogP contribution in [0.1, 0.15) is 76.7 Å². The largest absolute Gasteiger partial charge is 0.481 e. The minimum atomic E-state index is -0.813. The molecule has 0 bridgehead atoms. The Balaban J connectivity index is 1.91. The first-order valence-electron chi connectivity index (χ1n) is 9.08. The molecular formula is C20H29FO2. The summed E-state index contributed by atoms with van der Waals surface area (Å²) in [5, 5.41) is 9.78. The molecule has 0 aliphatic heterocycles. The van der Waals surface area contributed by atoms with Crippen molar-refractivity contribution in [3.05, 3.63) is 35.6 Å². The lowest BCUT2D eigenvalue weighted by atomic mass is 9.66. The molecule has 1 fully saturated rings. The molecule has 1 saturated carbocycles. The van der Waals surface area contributed by atoms with Crippen molar-refractivity contribution < 1.29 is 14.3 Å². The smallest absolute Gasteiger partial charge is 0.314 e. The molecule has 23 heavy (non-hydrogen) atoms. The standard InChI is InChI=1S/C20H29FO2/c1-2-3-4-5-6-7-16-12-14-20(15-13-16,19(22)23)17-8-10-18(21)11-9-17/h8-11,16H,2-7,12-15H2,1H3,(H,22,23). The summed E-state index contributed by atoms with van der Waals surface area (Å²) in [4.78, 5) is 11.9. The molecule has 3 heteroatoms. The third-order valence-electron chi connectivity index (χ3n) is 5.48. The Morgan fingerprint density at radius 3 is 2.30 bits per heavy atom. The van der Waals surface area contributed by atoms with Crippen LogP contribution < -0.4 is 0 Å². The number of carbonyl (C=O) groups is 1. The van der Waals surface area contributed by atoms with Crippen molar-refractivity contribution in [2.45, 2.75) is 76.5 Å². The van der Waals surface area contributed by atoms with Crippen LogP contribution in [0.4, 0.5) is 4.39 Å². The Bertz CT molecular complexity index is 487. The maximum Gasteiger partial charge on any atom is 0.314 e. The molecule has 1 aliphatic rings. The van der Waals surface area contributed by atoms with Crippen molar-refractivity contribution >= 4 is 5.97 Å². The van der Waals surface area contributed by atoms with Gasteiger partial charge in [-0.1, -0.05) is 57.6 Å². The van der Waals surface area contributed by atoms with Crippen molar-refractivity contribution in [2.24, 2.45) is 5.92 Å². The molecule has 0 spiro atoms. The highest BCUT2D eigenvalue weighted by atomic mass is 19.1. The van der Waals surface area contributed by atoms with Gasteiger partial charge in [0, 0.05) is 0 Å². The van der Waals surface area contributed by atoms with Gasteiger partial charge < -0.3 is 5.11 Å². The number of halogens is 1. The molecule has 0 radical (unpaired) electrons. The van der Waals surface area contributed by atoms with Gasteiger partial charge in [-0.3, -0.25) is 4.79 Å². The lowest BCUT2D eigenvalue weighted by Crippen LogP contribution is -2.39. The molecule has 0 heterocycles. The van der Waals surface area contributed by atoms with Gasteiger partial charge in [0.1, 0.15) is 5.82 Å². The Morgan fingerprint density at radius 1 is 1.13 bits per heavy atom. The minimum absolute atomic E-state index is 0.310. The molecular weight excluding hydrogens is 291 g/mol. The average molecular weight is 320 g/mol. The first-order valence-corrected chi connectivity index (χ1v) is 9.08. The highest BCUT2D eigenvalue weighted by Crippen LogP contribution is 2.43. The summed E-state index contributed by atoms with van der Waals surface area (Å²) >= 11 is 0. The van der Waals surface area contributed by atoms with Crippen molar-refractivity contribution in [1.82, 2.24) is 0 Å². The zero-order valence-electron chi connectivity index (χ0n) is 14.2. The van der Waals surface area contributed by atoms with Gasteiger partial charge in [-0.2, -0.15) is 0 Å². The van der Waals surface area contributed by atoms with Gasteiger partial charge in [-0.05, 0) is 49.3 Å². The molecule has 128 valence electrons. The van der Waals surface area contributed by atoms with Gasteiger partial charge in [-0.25, -0.2) is 4.39 Å². The van der Waals surface area contributed by atoms with E-state index in [4.69, 9.17) is 0 Å². The van der Waals surface area contributed by atoms with Gasteiger partial charge in [0.15, 0.2) is 0 Å². The van der Waals surface area contributed by atoms with Crippen molar-refractivity contribution in [3.8, 4) is 0 Å². The Kier molecular flexibility index (Phi) is 6.61. The summed E-state index contributed by atoms with van der Waals surface area (Å²) in [7, 11) is 0. The monoisotopic (exact) mass is 320 g/mol. The Hall–Kier alpha value is -1.38. The molecule has 0 amide bonds. The van der Waals surface area contributed by atoms with Crippen LogP contribution in [0.15, 0.2) is 24.3 Å². The Labute approximate surface area is 139 Å². The molecule has 2 nitrogen and oxygen atoms in total. The number of hydrogen-bond acceptors (Lipinski definition) is 1. The second-order valence-electron chi connectivity index (χ2n) is 7.04. The number of hydrogen-bond donors (Lipinski definition) is 1. The summed E-state index contributed by atoms with van der Waals surface area (Å²) in [6, 6.07) is 6.04. The van der Waals surface area contributed by atoms with Crippen LogP contribution >= 0.6 is 0 Å². The van der Waals surface area contributed by atoms with E-state index in [1.165, 1.54) is 50.7 Å². The van der Waals surface area contributed by atoms with Gasteiger partial charge in [0.25, 0.3) is 0 Å². The van der Waals surface area contributed by atoms with Crippen LogP contribution in [0.2, 0.25) is 0 Å². The quantitative estimate of drug-likeness (QED) is 0.624. The van der Waals surface area contributed by atoms with Crippen LogP contribution in [-0.4, -0.2) is 11.1 Å². The highest BCUT2D eigenvalue weighted by Gasteiger charge is 2.43. The number of rotatable bonds is 8. The fourth-order valence-electron chi connectivity index (χ4n) is 3.89. The topological polar surface area (TPSA) is 37.3 Å². The van der Waals surface area contributed by atoms with Crippen molar-refractivity contribution in [3.63, 3.8) is 0 Å². The normalized spacial score (nSPS) is 24.5. The molecule has 0 unspecified atom stereocenters. The Morgan fingerprint density at radius 2 is 1.74 bits per heavy atom. The van der Waals surface area contributed by atoms with Crippen LogP contribution in [0.25, 0.3) is 0 Å². The number of aliphatic carboxylic acids is 1. The predicted molar refractivity (Wildman–Crippen MR) is 91.0 cm³/mol. The molecule has 1 aromatic carbocycles. The number of unbranched alkanes of at least 4 members (excludes halogenated alkanes) is 4. The third-order valence-corrected chi connectivity index (χ3v) is 5.48. The maximum absolute atomic E-state index is 13.1. The summed E-state index contributed by atoms with van der Waals surface area (Å²) in [5.41, 5.74) is -0.0559. The molecule has 1 N–H and O–H groups in total. The first kappa shape index (κ1) is 18.0. The molecule has 2 rings (SSSR count). The highest BCUT2D eigenvalue weighted by molar-refractivity contribution is 5.81. The van der Waals surface area contributed by atoms with E-state index in [-0.39, 0.29) is 5.82 Å². The zero-order valence-corrected chi connectivity index (χ0v) is 14.2. The van der Waals surface area contributed by atoms with E-state index < -0.39 is 11.4 Å². The lowest BCUT2D eigenvalue weighted by Gasteiger charge is -2.37. The summed E-state index contributed by atoms with van der Waals surface area (Å²) in [6.07, 6.45) is 11.0. The summed E-state index contributed by atoms with van der Waals surface area (Å²) in [5.74, 6) is -0.412. The second-order valence-corrected chi connectivity index (χ2v) is 7.04. The van der Waals surface area contributed by atoms with E-state index in [0.717, 1.165) is 18.4 Å². The van der Waals surface area contributed by atoms with E-state index in [0.29, 0.717) is 18.8 Å². The fraction of sp³-hybridized carbons (Fsp3) is 0.650. The van der Waals surface area contributed by atoms with Crippen LogP contribution in [0, 0.1) is 11.7 Å². The van der Waals surface area contributed by atoms with E-state index >= 15 is 0 Å². The van der Waals surface area contributed by atoms with Crippen LogP contribution in [0.5, 0.6) is 0 Å². The average Bonchev–Trinajstić information content (AvgIpc) is 2.56. The second kappa shape index (κ2) is 8.47. The number of benzene rings is 1. The maximum atomic E-state index is 13.1. The molecule has 1 aliphatic carbocycles. The van der Waals surface area contributed by atoms with Crippen LogP contribution in [-0.2, 0) is 10.2 Å². The zero-order chi connectivity index (χ0) is 16.7. The summed E-state index contributed by atoms with van der Waals surface area (Å²) < 4.78 is 13.1. The fourth-order valence-corrected chi connectivity index (χ4v) is 3.89. The van der Waals surface area contributed by atoms with Crippen LogP contribution in [0.3, 0.4) is 0 Å². The first-order chi connectivity index (χ1) is 11.1. The van der Waals surface area contributed by atoms with Crippen molar-refractivity contribution in [2.75, 3.05) is 0 Å². The van der Waals surface area contributed by atoms with Gasteiger partial charge in [0.05, 0.1) is 5.41 Å². The van der Waals surface area contributed by atoms with E-state index in [1.54, 1.807) is 12.1 Å². The third kappa shape index (κ3) is 4.55. The minimum Gasteiger partial charge on any atom is -0.481 e. The predicted octanol–water partition coefficient (Wildman–Crippen LogP) is 5.70. The van der Waals surface area contributed by atoms with E-state index in [1.807, 2.05) is 0 Å². The molecule has 0 atom stereocenters. The summed E-state index contributed by atoms with van der Waals surface area (Å²) in [6.45, 7) is 2.22. The number of carboxylic acids is 1. The van der Waals surface area contributed by atoms with Crippen molar-refractivity contribution in [1.29, 1.82) is 0 Å².